The van der Waals surface area contributed by atoms with Gasteiger partial charge in [-0.25, -0.2) is 4.79 Å². The first kappa shape index (κ1) is 13.9. The maximum absolute atomic E-state index is 10.8. The summed E-state index contributed by atoms with van der Waals surface area (Å²) in [5, 5.41) is 12.7. The number of ether oxygens (including phenoxy) is 2. The molecule has 0 unspecified atom stereocenters. The minimum Gasteiger partial charge on any atom is -0.493 e. The van der Waals surface area contributed by atoms with E-state index in [1.54, 1.807) is 20.3 Å². The van der Waals surface area contributed by atoms with E-state index in [1.807, 2.05) is 13.0 Å². The van der Waals surface area contributed by atoms with Gasteiger partial charge in [-0.05, 0) is 24.1 Å². The number of aromatic nitrogens is 1. The van der Waals surface area contributed by atoms with Crippen molar-refractivity contribution in [2.45, 2.75) is 13.3 Å². The molecule has 0 bridgehead atoms. The number of methoxy groups -OCH3 is 2. The summed E-state index contributed by atoms with van der Waals surface area (Å²) in [7, 11) is 3.11. The molecule has 1 aromatic carbocycles. The van der Waals surface area contributed by atoms with Crippen molar-refractivity contribution in [1.29, 1.82) is 0 Å². The van der Waals surface area contributed by atoms with Crippen LogP contribution in [0.5, 0.6) is 11.5 Å². The number of hydrogen-bond donors (Lipinski definition) is 1. The quantitative estimate of drug-likeness (QED) is 0.904. The van der Waals surface area contributed by atoms with Gasteiger partial charge in [0.25, 0.3) is 0 Å². The van der Waals surface area contributed by atoms with Gasteiger partial charge in [0.2, 0.25) is 5.76 Å². The van der Waals surface area contributed by atoms with Crippen molar-refractivity contribution in [2.75, 3.05) is 14.2 Å². The molecule has 20 heavy (non-hydrogen) atoms. The van der Waals surface area contributed by atoms with Crippen molar-refractivity contribution in [3.8, 4) is 22.8 Å². The molecule has 6 nitrogen and oxygen atoms in total. The van der Waals surface area contributed by atoms with Gasteiger partial charge in [-0.15, -0.1) is 0 Å². The van der Waals surface area contributed by atoms with Crippen LogP contribution in [0.3, 0.4) is 0 Å². The first-order valence-corrected chi connectivity index (χ1v) is 6.06. The molecule has 0 aliphatic carbocycles. The van der Waals surface area contributed by atoms with Gasteiger partial charge < -0.3 is 19.1 Å². The number of carboxylic acid groups (broad SMARTS) is 1. The van der Waals surface area contributed by atoms with Gasteiger partial charge in [0, 0.05) is 11.6 Å². The first-order chi connectivity index (χ1) is 9.60. The monoisotopic (exact) mass is 277 g/mol. The zero-order valence-corrected chi connectivity index (χ0v) is 11.5. The lowest BCUT2D eigenvalue weighted by Gasteiger charge is -2.12. The van der Waals surface area contributed by atoms with Gasteiger partial charge >= 0.3 is 5.97 Å². The van der Waals surface area contributed by atoms with Gasteiger partial charge in [0.1, 0.15) is 5.69 Å². The van der Waals surface area contributed by atoms with Gasteiger partial charge in [0.15, 0.2) is 11.5 Å². The van der Waals surface area contributed by atoms with Crippen LogP contribution in [0, 0.1) is 0 Å². The summed E-state index contributed by atoms with van der Waals surface area (Å²) in [6.45, 7) is 1.99. The van der Waals surface area contributed by atoms with Gasteiger partial charge in [-0.3, -0.25) is 0 Å². The van der Waals surface area contributed by atoms with E-state index in [-0.39, 0.29) is 5.76 Å². The molecular formula is C14H15NO5. The zero-order chi connectivity index (χ0) is 14.7. The Kier molecular flexibility index (Phi) is 3.93. The van der Waals surface area contributed by atoms with Crippen molar-refractivity contribution < 1.29 is 23.9 Å². The van der Waals surface area contributed by atoms with Crippen LogP contribution in [-0.2, 0) is 6.42 Å². The topological polar surface area (TPSA) is 81.8 Å². The molecule has 2 aromatic rings. The van der Waals surface area contributed by atoms with Crippen molar-refractivity contribution in [3.05, 3.63) is 29.5 Å². The highest BCUT2D eigenvalue weighted by Crippen LogP contribution is 2.35. The standard InChI is InChI=1S/C14H15NO5/c1-4-8-5-11(18-2)12(19-3)6-9(8)10-7-13(14(16)17)20-15-10/h5-7H,4H2,1-3H3,(H,16,17). The largest absolute Gasteiger partial charge is 0.493 e. The number of carbonyl (C=O) groups is 1. The van der Waals surface area contributed by atoms with Crippen molar-refractivity contribution in [1.82, 2.24) is 5.16 Å². The number of hydrogen-bond acceptors (Lipinski definition) is 5. The fraction of sp³-hybridized carbons (Fsp3) is 0.286. The normalized spacial score (nSPS) is 10.3. The van der Waals surface area contributed by atoms with Crippen molar-refractivity contribution in [3.63, 3.8) is 0 Å². The molecule has 106 valence electrons. The van der Waals surface area contributed by atoms with Crippen LogP contribution in [0.15, 0.2) is 22.7 Å². The molecule has 0 fully saturated rings. The molecule has 0 atom stereocenters. The van der Waals surface area contributed by atoms with Gasteiger partial charge in [0.05, 0.1) is 14.2 Å². The third-order valence-electron chi connectivity index (χ3n) is 2.99. The van der Waals surface area contributed by atoms with E-state index in [9.17, 15) is 4.79 Å². The van der Waals surface area contributed by atoms with Crippen LogP contribution < -0.4 is 9.47 Å². The van der Waals surface area contributed by atoms with E-state index in [0.29, 0.717) is 17.2 Å². The average Bonchev–Trinajstić information content (AvgIpc) is 2.95. The second kappa shape index (κ2) is 5.64. The van der Waals surface area contributed by atoms with E-state index < -0.39 is 5.97 Å². The van der Waals surface area contributed by atoms with Crippen LogP contribution in [0.4, 0.5) is 0 Å². The number of aryl methyl sites for hydroxylation is 1. The molecule has 0 radical (unpaired) electrons. The third-order valence-corrected chi connectivity index (χ3v) is 2.99. The second-order valence-electron chi connectivity index (χ2n) is 4.10. The van der Waals surface area contributed by atoms with Gasteiger partial charge in [-0.2, -0.15) is 0 Å². The molecule has 0 spiro atoms. The number of carboxylic acids is 1. The Morgan fingerprint density at radius 2 is 1.90 bits per heavy atom. The minimum absolute atomic E-state index is 0.197. The van der Waals surface area contributed by atoms with E-state index in [1.165, 1.54) is 6.07 Å². The third kappa shape index (κ3) is 2.45. The smallest absolute Gasteiger partial charge is 0.374 e. The summed E-state index contributed by atoms with van der Waals surface area (Å²) in [4.78, 5) is 10.8. The summed E-state index contributed by atoms with van der Waals surface area (Å²) in [6, 6.07) is 5.01. The SMILES string of the molecule is CCc1cc(OC)c(OC)cc1-c1cc(C(=O)O)on1. The number of nitrogens with zero attached hydrogens (tertiary/aromatic N) is 1. The molecule has 0 aliphatic heterocycles. The molecule has 0 saturated heterocycles. The summed E-state index contributed by atoms with van der Waals surface area (Å²) in [5.41, 5.74) is 2.19. The summed E-state index contributed by atoms with van der Waals surface area (Å²) < 4.78 is 15.3. The van der Waals surface area contributed by atoms with Crippen LogP contribution in [-0.4, -0.2) is 30.5 Å². The molecule has 0 saturated carbocycles. The second-order valence-corrected chi connectivity index (χ2v) is 4.10. The van der Waals surface area contributed by atoms with Crippen molar-refractivity contribution >= 4 is 5.97 Å². The van der Waals surface area contributed by atoms with E-state index in [4.69, 9.17) is 19.1 Å². The van der Waals surface area contributed by atoms with E-state index in [0.717, 1.165) is 17.5 Å². The molecular weight excluding hydrogens is 262 g/mol. The number of benzene rings is 1. The summed E-state index contributed by atoms with van der Waals surface area (Å²) in [6.07, 6.45) is 0.741. The molecule has 2 rings (SSSR count). The highest BCUT2D eigenvalue weighted by molar-refractivity contribution is 5.86. The Hall–Kier alpha value is -2.50. The maximum Gasteiger partial charge on any atom is 0.374 e. The molecule has 0 aliphatic rings. The predicted octanol–water partition coefficient (Wildman–Crippen LogP) is 2.62. The van der Waals surface area contributed by atoms with E-state index in [2.05, 4.69) is 5.16 Å². The predicted molar refractivity (Wildman–Crippen MR) is 71.4 cm³/mol. The fourth-order valence-corrected chi connectivity index (χ4v) is 1.95. The Bertz CT molecular complexity index is 632. The van der Waals surface area contributed by atoms with Crippen LogP contribution >= 0.6 is 0 Å². The van der Waals surface area contributed by atoms with Crippen LogP contribution in [0.25, 0.3) is 11.3 Å². The molecule has 6 heteroatoms. The Balaban J connectivity index is 2.56. The Labute approximate surface area is 115 Å². The lowest BCUT2D eigenvalue weighted by Crippen LogP contribution is -1.95. The summed E-state index contributed by atoms with van der Waals surface area (Å²) >= 11 is 0. The lowest BCUT2D eigenvalue weighted by molar-refractivity contribution is 0.0652. The van der Waals surface area contributed by atoms with E-state index >= 15 is 0 Å². The molecule has 1 N–H and O–H groups in total. The fourth-order valence-electron chi connectivity index (χ4n) is 1.95. The minimum atomic E-state index is -1.15. The first-order valence-electron chi connectivity index (χ1n) is 6.06. The highest BCUT2D eigenvalue weighted by atomic mass is 16.5. The van der Waals surface area contributed by atoms with Gasteiger partial charge in [-0.1, -0.05) is 12.1 Å². The number of rotatable bonds is 5. The number of aromatic carboxylic acids is 1. The maximum atomic E-state index is 10.8. The van der Waals surface area contributed by atoms with Crippen molar-refractivity contribution in [2.24, 2.45) is 0 Å². The molecule has 0 amide bonds. The molecule has 1 aromatic heterocycles. The van der Waals surface area contributed by atoms with Crippen LogP contribution in [0.1, 0.15) is 23.0 Å². The Morgan fingerprint density at radius 1 is 1.25 bits per heavy atom. The average molecular weight is 277 g/mol. The highest BCUT2D eigenvalue weighted by Gasteiger charge is 2.17. The van der Waals surface area contributed by atoms with Crippen LogP contribution in [0.2, 0.25) is 0 Å². The zero-order valence-electron chi connectivity index (χ0n) is 11.5. The summed E-state index contributed by atoms with van der Waals surface area (Å²) in [5.74, 6) is -0.172. The lowest BCUT2D eigenvalue weighted by atomic mass is 10.0. The molecule has 1 heterocycles. The Morgan fingerprint density at radius 3 is 2.40 bits per heavy atom.